The molecule has 0 aromatic carbocycles. The molecule has 2 rings (SSSR count). The van der Waals surface area contributed by atoms with Crippen LogP contribution in [0.4, 0.5) is 0 Å². The van der Waals surface area contributed by atoms with Crippen molar-refractivity contribution in [2.24, 2.45) is 11.3 Å². The van der Waals surface area contributed by atoms with E-state index in [0.29, 0.717) is 5.41 Å². The van der Waals surface area contributed by atoms with Crippen LogP contribution in [0.3, 0.4) is 0 Å². The Kier molecular flexibility index (Phi) is 1.05. The van der Waals surface area contributed by atoms with Crippen LogP contribution in [-0.4, -0.2) is 15.7 Å². The van der Waals surface area contributed by atoms with Crippen molar-refractivity contribution >= 4 is 10.8 Å². The van der Waals surface area contributed by atoms with Crippen molar-refractivity contribution in [1.29, 1.82) is 0 Å². The van der Waals surface area contributed by atoms with Crippen molar-refractivity contribution in [2.75, 3.05) is 11.5 Å². The van der Waals surface area contributed by atoms with Crippen molar-refractivity contribution in [3.8, 4) is 0 Å². The summed E-state index contributed by atoms with van der Waals surface area (Å²) in [4.78, 5) is 0. The molecule has 1 nitrogen and oxygen atoms in total. The molecule has 1 spiro atoms. The third kappa shape index (κ3) is 0.759. The van der Waals surface area contributed by atoms with E-state index in [4.69, 9.17) is 0 Å². The fourth-order valence-corrected chi connectivity index (χ4v) is 4.02. The zero-order valence-corrected chi connectivity index (χ0v) is 6.54. The zero-order chi connectivity index (χ0) is 6.48. The van der Waals surface area contributed by atoms with Gasteiger partial charge in [-0.1, -0.05) is 6.92 Å². The van der Waals surface area contributed by atoms with Crippen LogP contribution >= 0.6 is 0 Å². The molecule has 1 unspecified atom stereocenters. The molecule has 2 aliphatic rings. The summed E-state index contributed by atoms with van der Waals surface area (Å²) < 4.78 is 11.0. The molecule has 1 saturated carbocycles. The third-order valence-electron chi connectivity index (χ3n) is 2.82. The molecule has 0 radical (unpaired) electrons. The number of hydrogen-bond donors (Lipinski definition) is 0. The fourth-order valence-electron chi connectivity index (χ4n) is 1.78. The molecule has 9 heavy (non-hydrogen) atoms. The lowest BCUT2D eigenvalue weighted by Crippen LogP contribution is -2.07. The van der Waals surface area contributed by atoms with Gasteiger partial charge in [-0.05, 0) is 24.2 Å². The molecule has 0 aromatic heterocycles. The number of rotatable bonds is 0. The van der Waals surface area contributed by atoms with Gasteiger partial charge in [-0.15, -0.1) is 0 Å². The van der Waals surface area contributed by atoms with Crippen molar-refractivity contribution in [2.45, 2.75) is 19.8 Å². The van der Waals surface area contributed by atoms with E-state index in [0.717, 1.165) is 17.4 Å². The summed E-state index contributed by atoms with van der Waals surface area (Å²) in [6.45, 7) is 2.25. The predicted molar refractivity (Wildman–Crippen MR) is 38.7 cm³/mol. The topological polar surface area (TPSA) is 17.1 Å². The molecule has 1 aliphatic carbocycles. The molecule has 52 valence electrons. The van der Waals surface area contributed by atoms with E-state index < -0.39 is 10.8 Å². The Morgan fingerprint density at radius 2 is 2.22 bits per heavy atom. The lowest BCUT2D eigenvalue weighted by Gasteiger charge is -2.08. The average molecular weight is 144 g/mol. The van der Waals surface area contributed by atoms with Gasteiger partial charge in [-0.2, -0.15) is 0 Å². The lowest BCUT2D eigenvalue weighted by molar-refractivity contribution is 0.433. The first-order valence-electron chi connectivity index (χ1n) is 3.58. The SMILES string of the molecule is C[C@@H]1CS(=O)CC12CC2. The summed E-state index contributed by atoms with van der Waals surface area (Å²) in [5.74, 6) is 2.73. The van der Waals surface area contributed by atoms with Gasteiger partial charge in [0.15, 0.2) is 0 Å². The van der Waals surface area contributed by atoms with E-state index in [9.17, 15) is 4.21 Å². The predicted octanol–water partition coefficient (Wildman–Crippen LogP) is 1.17. The Morgan fingerprint density at radius 1 is 1.56 bits per heavy atom. The van der Waals surface area contributed by atoms with Gasteiger partial charge in [0, 0.05) is 22.3 Å². The molecule has 0 amide bonds. The van der Waals surface area contributed by atoms with Gasteiger partial charge in [-0.3, -0.25) is 4.21 Å². The standard InChI is InChI=1S/C7H12OS/c1-6-4-9(8)5-7(6)2-3-7/h6H,2-5H2,1H3/t6-,9?/m1/s1. The molecule has 0 aromatic rings. The molecular formula is C7H12OS. The van der Waals surface area contributed by atoms with Gasteiger partial charge in [-0.25, -0.2) is 0 Å². The summed E-state index contributed by atoms with van der Waals surface area (Å²) in [5, 5.41) is 0. The maximum atomic E-state index is 11.0. The van der Waals surface area contributed by atoms with Crippen molar-refractivity contribution in [1.82, 2.24) is 0 Å². The molecular weight excluding hydrogens is 132 g/mol. The minimum Gasteiger partial charge on any atom is -0.260 e. The Labute approximate surface area is 58.3 Å². The van der Waals surface area contributed by atoms with E-state index in [1.54, 1.807) is 0 Å². The second-order valence-electron chi connectivity index (χ2n) is 3.51. The Hall–Kier alpha value is 0.150. The summed E-state index contributed by atoms with van der Waals surface area (Å²) in [6.07, 6.45) is 2.69. The van der Waals surface area contributed by atoms with E-state index in [-0.39, 0.29) is 0 Å². The van der Waals surface area contributed by atoms with Crippen LogP contribution in [0, 0.1) is 11.3 Å². The quantitative estimate of drug-likeness (QED) is 0.498. The van der Waals surface area contributed by atoms with E-state index in [1.165, 1.54) is 12.8 Å². The summed E-state index contributed by atoms with van der Waals surface area (Å²) in [7, 11) is -0.460. The van der Waals surface area contributed by atoms with Crippen LogP contribution in [0.1, 0.15) is 19.8 Å². The van der Waals surface area contributed by atoms with Crippen molar-refractivity contribution in [3.05, 3.63) is 0 Å². The molecule has 2 fully saturated rings. The molecule has 1 saturated heterocycles. The lowest BCUT2D eigenvalue weighted by atomic mass is 9.95. The molecule has 1 heterocycles. The summed E-state index contributed by atoms with van der Waals surface area (Å²) in [5.41, 5.74) is 0.574. The molecule has 2 atom stereocenters. The highest BCUT2D eigenvalue weighted by molar-refractivity contribution is 7.85. The second-order valence-corrected chi connectivity index (χ2v) is 5.02. The molecule has 0 bridgehead atoms. The zero-order valence-electron chi connectivity index (χ0n) is 5.72. The van der Waals surface area contributed by atoms with Gasteiger partial charge in [0.1, 0.15) is 0 Å². The Balaban J connectivity index is 2.19. The minimum atomic E-state index is -0.460. The number of hydrogen-bond acceptors (Lipinski definition) is 1. The summed E-state index contributed by atoms with van der Waals surface area (Å²) >= 11 is 0. The first-order chi connectivity index (χ1) is 4.23. The van der Waals surface area contributed by atoms with Crippen molar-refractivity contribution in [3.63, 3.8) is 0 Å². The van der Waals surface area contributed by atoms with E-state index in [2.05, 4.69) is 6.92 Å². The van der Waals surface area contributed by atoms with Crippen LogP contribution in [0.15, 0.2) is 0 Å². The first-order valence-corrected chi connectivity index (χ1v) is 5.07. The molecule has 0 N–H and O–H groups in total. The van der Waals surface area contributed by atoms with Crippen LogP contribution < -0.4 is 0 Å². The fraction of sp³-hybridized carbons (Fsp3) is 1.00. The van der Waals surface area contributed by atoms with E-state index in [1.807, 2.05) is 0 Å². The monoisotopic (exact) mass is 144 g/mol. The molecule has 2 heteroatoms. The van der Waals surface area contributed by atoms with Crippen LogP contribution in [0.2, 0.25) is 0 Å². The largest absolute Gasteiger partial charge is 0.260 e. The van der Waals surface area contributed by atoms with Crippen molar-refractivity contribution < 1.29 is 4.21 Å². The minimum absolute atomic E-state index is 0.460. The van der Waals surface area contributed by atoms with Gasteiger partial charge >= 0.3 is 0 Å². The second kappa shape index (κ2) is 1.60. The van der Waals surface area contributed by atoms with Crippen LogP contribution in [-0.2, 0) is 10.8 Å². The first kappa shape index (κ1) is 5.90. The smallest absolute Gasteiger partial charge is 0.0294 e. The maximum absolute atomic E-state index is 11.0. The Morgan fingerprint density at radius 3 is 2.44 bits per heavy atom. The van der Waals surface area contributed by atoms with Crippen LogP contribution in [0.25, 0.3) is 0 Å². The van der Waals surface area contributed by atoms with E-state index >= 15 is 0 Å². The average Bonchev–Trinajstić information content (AvgIpc) is 2.42. The Bertz CT molecular complexity index is 160. The highest BCUT2D eigenvalue weighted by atomic mass is 32.2. The molecule has 1 aliphatic heterocycles. The highest BCUT2D eigenvalue weighted by Crippen LogP contribution is 2.56. The maximum Gasteiger partial charge on any atom is 0.0294 e. The third-order valence-corrected chi connectivity index (χ3v) is 4.59. The van der Waals surface area contributed by atoms with Crippen LogP contribution in [0.5, 0.6) is 0 Å². The summed E-state index contributed by atoms with van der Waals surface area (Å²) in [6, 6.07) is 0. The normalized spacial score (nSPS) is 45.9. The van der Waals surface area contributed by atoms with Gasteiger partial charge in [0.25, 0.3) is 0 Å². The highest BCUT2D eigenvalue weighted by Gasteiger charge is 2.52. The van der Waals surface area contributed by atoms with Gasteiger partial charge in [0.05, 0.1) is 0 Å². The van der Waals surface area contributed by atoms with Gasteiger partial charge < -0.3 is 0 Å². The van der Waals surface area contributed by atoms with Gasteiger partial charge in [0.2, 0.25) is 0 Å².